The molecule has 0 spiro atoms. The zero-order valence-electron chi connectivity index (χ0n) is 13.1. The van der Waals surface area contributed by atoms with E-state index in [-0.39, 0.29) is 24.4 Å². The molecule has 0 aliphatic heterocycles. The van der Waals surface area contributed by atoms with E-state index in [2.05, 4.69) is 5.32 Å². The van der Waals surface area contributed by atoms with Crippen LogP contribution in [0.3, 0.4) is 0 Å². The van der Waals surface area contributed by atoms with Gasteiger partial charge >= 0.3 is 5.97 Å². The number of nitrogens with one attached hydrogen (secondary N) is 1. The summed E-state index contributed by atoms with van der Waals surface area (Å²) >= 11 is 5.76. The van der Waals surface area contributed by atoms with E-state index in [0.717, 1.165) is 12.1 Å². The molecule has 3 N–H and O–H groups in total. The number of carbonyl (C=O) groups excluding carboxylic acids is 2. The molecule has 0 fully saturated rings. The van der Waals surface area contributed by atoms with Crippen LogP contribution >= 0.6 is 11.6 Å². The number of nitrogen functional groups attached to an aromatic ring is 1. The van der Waals surface area contributed by atoms with Gasteiger partial charge in [-0.2, -0.15) is 0 Å². The third-order valence-corrected chi connectivity index (χ3v) is 3.33. The molecule has 132 valence electrons. The molecule has 0 aromatic heterocycles. The highest BCUT2D eigenvalue weighted by atomic mass is 35.5. The molecule has 0 heterocycles. The number of amides is 1. The Morgan fingerprint density at radius 1 is 1.16 bits per heavy atom. The molecule has 1 amide bonds. The van der Waals surface area contributed by atoms with Crippen molar-refractivity contribution in [2.45, 2.75) is 0 Å². The third kappa shape index (κ3) is 5.96. The Hall–Kier alpha value is -2.80. The fourth-order valence-corrected chi connectivity index (χ4v) is 2.00. The van der Waals surface area contributed by atoms with Gasteiger partial charge < -0.3 is 20.5 Å². The molecule has 0 saturated carbocycles. The minimum atomic E-state index is -0.801. The first kappa shape index (κ1) is 18.5. The number of ether oxygens (including phenoxy) is 2. The van der Waals surface area contributed by atoms with Crippen LogP contribution in [0.1, 0.15) is 10.4 Å². The summed E-state index contributed by atoms with van der Waals surface area (Å²) in [7, 11) is 0. The van der Waals surface area contributed by atoms with Gasteiger partial charge in [0, 0.05) is 10.7 Å². The lowest BCUT2D eigenvalue weighted by atomic mass is 10.2. The smallest absolute Gasteiger partial charge is 0.340 e. The van der Waals surface area contributed by atoms with E-state index < -0.39 is 24.3 Å². The molecule has 0 aliphatic rings. The van der Waals surface area contributed by atoms with Crippen LogP contribution in [0.25, 0.3) is 0 Å². The lowest BCUT2D eigenvalue weighted by Gasteiger charge is -2.09. The minimum absolute atomic E-state index is 0.000252. The van der Waals surface area contributed by atoms with Crippen LogP contribution in [0.15, 0.2) is 42.5 Å². The molecule has 0 bridgehead atoms. The van der Waals surface area contributed by atoms with Crippen molar-refractivity contribution in [2.24, 2.45) is 0 Å². The quantitative estimate of drug-likeness (QED) is 0.446. The van der Waals surface area contributed by atoms with Crippen molar-refractivity contribution in [3.05, 3.63) is 58.9 Å². The Morgan fingerprint density at radius 3 is 2.56 bits per heavy atom. The van der Waals surface area contributed by atoms with Gasteiger partial charge in [-0.1, -0.05) is 11.6 Å². The molecular formula is C17H16ClFN2O4. The molecule has 0 unspecified atom stereocenters. The number of esters is 1. The number of halogens is 2. The monoisotopic (exact) mass is 366 g/mol. The Bertz CT molecular complexity index is 753. The summed E-state index contributed by atoms with van der Waals surface area (Å²) < 4.78 is 23.2. The topological polar surface area (TPSA) is 90.7 Å². The van der Waals surface area contributed by atoms with E-state index in [4.69, 9.17) is 26.8 Å². The average molecular weight is 367 g/mol. The number of hydrogen-bond acceptors (Lipinski definition) is 5. The van der Waals surface area contributed by atoms with Gasteiger partial charge in [-0.05, 0) is 42.5 Å². The number of anilines is 1. The lowest BCUT2D eigenvalue weighted by molar-refractivity contribution is -0.124. The van der Waals surface area contributed by atoms with Crippen molar-refractivity contribution < 1.29 is 23.5 Å². The number of benzene rings is 2. The van der Waals surface area contributed by atoms with E-state index in [9.17, 15) is 14.0 Å². The summed E-state index contributed by atoms with van der Waals surface area (Å²) in [4.78, 5) is 23.4. The van der Waals surface area contributed by atoms with Crippen LogP contribution in [0.4, 0.5) is 10.1 Å². The third-order valence-electron chi connectivity index (χ3n) is 3.07. The summed E-state index contributed by atoms with van der Waals surface area (Å²) in [5.41, 5.74) is 5.47. The zero-order valence-corrected chi connectivity index (χ0v) is 13.9. The molecule has 0 atom stereocenters. The van der Waals surface area contributed by atoms with Gasteiger partial charge in [0.15, 0.2) is 6.61 Å². The van der Waals surface area contributed by atoms with Gasteiger partial charge in [-0.3, -0.25) is 4.79 Å². The number of nitrogens with two attached hydrogens (primary N) is 1. The molecule has 2 rings (SSSR count). The van der Waals surface area contributed by atoms with Crippen LogP contribution in [-0.2, 0) is 9.53 Å². The standard InChI is InChI=1S/C17H16ClFN2O4/c18-11-1-4-13(5-2-11)24-8-7-21-16(22)10-25-17(23)14-6-3-12(19)9-15(14)20/h1-6,9H,7-8,10,20H2,(H,21,22). The molecule has 0 aliphatic carbocycles. The first-order valence-corrected chi connectivity index (χ1v) is 7.70. The largest absolute Gasteiger partial charge is 0.492 e. The molecule has 2 aromatic carbocycles. The second-order valence-corrected chi connectivity index (χ2v) is 5.40. The molecule has 2 aromatic rings. The maximum Gasteiger partial charge on any atom is 0.340 e. The summed E-state index contributed by atoms with van der Waals surface area (Å²) in [5.74, 6) is -1.23. The van der Waals surface area contributed by atoms with Crippen molar-refractivity contribution in [1.82, 2.24) is 5.32 Å². The highest BCUT2D eigenvalue weighted by molar-refractivity contribution is 6.30. The van der Waals surface area contributed by atoms with Crippen molar-refractivity contribution in [2.75, 3.05) is 25.5 Å². The summed E-state index contributed by atoms with van der Waals surface area (Å²) in [6.07, 6.45) is 0. The highest BCUT2D eigenvalue weighted by Gasteiger charge is 2.13. The van der Waals surface area contributed by atoms with E-state index >= 15 is 0 Å². The van der Waals surface area contributed by atoms with Gasteiger partial charge in [0.05, 0.1) is 12.1 Å². The molecule has 0 saturated heterocycles. The summed E-state index contributed by atoms with van der Waals surface area (Å²) in [6.45, 7) is 0.000517. The second-order valence-electron chi connectivity index (χ2n) is 4.96. The fraction of sp³-hybridized carbons (Fsp3) is 0.176. The Kier molecular flexibility index (Phi) is 6.59. The summed E-state index contributed by atoms with van der Waals surface area (Å²) in [6, 6.07) is 10.1. The Labute approximate surface area is 148 Å². The number of hydrogen-bond donors (Lipinski definition) is 2. The first-order valence-electron chi connectivity index (χ1n) is 7.33. The predicted octanol–water partition coefficient (Wildman–Crippen LogP) is 2.41. The lowest BCUT2D eigenvalue weighted by Crippen LogP contribution is -2.32. The SMILES string of the molecule is Nc1cc(F)ccc1C(=O)OCC(=O)NCCOc1ccc(Cl)cc1. The van der Waals surface area contributed by atoms with Crippen LogP contribution < -0.4 is 15.8 Å². The molecule has 0 radical (unpaired) electrons. The number of rotatable bonds is 7. The average Bonchev–Trinajstić information content (AvgIpc) is 2.58. The maximum atomic E-state index is 12.9. The van der Waals surface area contributed by atoms with Crippen LogP contribution in [0.2, 0.25) is 5.02 Å². The van der Waals surface area contributed by atoms with E-state index in [1.165, 1.54) is 6.07 Å². The highest BCUT2D eigenvalue weighted by Crippen LogP contribution is 2.15. The van der Waals surface area contributed by atoms with Gasteiger partial charge in [-0.25, -0.2) is 9.18 Å². The first-order chi connectivity index (χ1) is 12.0. The zero-order chi connectivity index (χ0) is 18.2. The van der Waals surface area contributed by atoms with Crippen molar-refractivity contribution in [1.29, 1.82) is 0 Å². The van der Waals surface area contributed by atoms with Gasteiger partial charge in [0.1, 0.15) is 18.2 Å². The van der Waals surface area contributed by atoms with E-state index in [0.29, 0.717) is 10.8 Å². The van der Waals surface area contributed by atoms with Crippen molar-refractivity contribution >= 4 is 29.2 Å². The minimum Gasteiger partial charge on any atom is -0.492 e. The molecule has 8 heteroatoms. The molecule has 6 nitrogen and oxygen atoms in total. The fourth-order valence-electron chi connectivity index (χ4n) is 1.87. The second kappa shape index (κ2) is 8.89. The van der Waals surface area contributed by atoms with Gasteiger partial charge in [-0.15, -0.1) is 0 Å². The van der Waals surface area contributed by atoms with Crippen LogP contribution in [-0.4, -0.2) is 31.6 Å². The van der Waals surface area contributed by atoms with Crippen molar-refractivity contribution in [3.8, 4) is 5.75 Å². The van der Waals surface area contributed by atoms with E-state index in [1.54, 1.807) is 24.3 Å². The number of carbonyl (C=O) groups is 2. The molecular weight excluding hydrogens is 351 g/mol. The van der Waals surface area contributed by atoms with Gasteiger partial charge in [0.25, 0.3) is 5.91 Å². The van der Waals surface area contributed by atoms with Crippen molar-refractivity contribution in [3.63, 3.8) is 0 Å². The Balaban J connectivity index is 1.68. The molecule has 25 heavy (non-hydrogen) atoms. The van der Waals surface area contributed by atoms with Crippen LogP contribution in [0.5, 0.6) is 5.75 Å². The Morgan fingerprint density at radius 2 is 1.88 bits per heavy atom. The predicted molar refractivity (Wildman–Crippen MR) is 91.1 cm³/mol. The van der Waals surface area contributed by atoms with Crippen LogP contribution in [0, 0.1) is 5.82 Å². The normalized spacial score (nSPS) is 10.2. The van der Waals surface area contributed by atoms with E-state index in [1.807, 2.05) is 0 Å². The maximum absolute atomic E-state index is 12.9. The van der Waals surface area contributed by atoms with Gasteiger partial charge in [0.2, 0.25) is 0 Å². The summed E-state index contributed by atoms with van der Waals surface area (Å²) in [5, 5.41) is 3.14.